The van der Waals surface area contributed by atoms with Crippen LogP contribution in [0.1, 0.15) is 23.2 Å². The van der Waals surface area contributed by atoms with E-state index in [1.54, 1.807) is 0 Å². The van der Waals surface area contributed by atoms with Crippen LogP contribution in [0, 0.1) is 17.6 Å². The lowest BCUT2D eigenvalue weighted by molar-refractivity contribution is -0.122. The van der Waals surface area contributed by atoms with Gasteiger partial charge in [-0.05, 0) is 25.0 Å². The van der Waals surface area contributed by atoms with Crippen LogP contribution in [-0.2, 0) is 4.79 Å². The molecule has 0 aliphatic heterocycles. The van der Waals surface area contributed by atoms with E-state index in [-0.39, 0.29) is 30.6 Å². The highest BCUT2D eigenvalue weighted by molar-refractivity contribution is 5.88. The molecule has 1 fully saturated rings. The van der Waals surface area contributed by atoms with Crippen LogP contribution < -0.4 is 10.6 Å². The third kappa shape index (κ3) is 3.23. The molecule has 1 aromatic rings. The zero-order valence-electron chi connectivity index (χ0n) is 10.6. The van der Waals surface area contributed by atoms with Crippen molar-refractivity contribution in [2.45, 2.75) is 12.8 Å². The standard InChI is InChI=1S/C13H14F2N2O3/c14-10-8(13(19)20)3-4-9(11(10)15)16-5-6-17-12(18)7-1-2-7/h3-4,7,16H,1-2,5-6H2,(H,17,18)(H,19,20). The van der Waals surface area contributed by atoms with E-state index < -0.39 is 23.2 Å². The summed E-state index contributed by atoms with van der Waals surface area (Å²) in [6.07, 6.45) is 1.80. The number of aromatic carboxylic acids is 1. The average Bonchev–Trinajstić information content (AvgIpc) is 3.23. The van der Waals surface area contributed by atoms with Gasteiger partial charge in [0.05, 0.1) is 11.3 Å². The first kappa shape index (κ1) is 14.2. The molecule has 2 rings (SSSR count). The molecule has 1 amide bonds. The number of carboxylic acid groups (broad SMARTS) is 1. The van der Waals surface area contributed by atoms with Gasteiger partial charge in [-0.2, -0.15) is 0 Å². The molecule has 0 spiro atoms. The highest BCUT2D eigenvalue weighted by Gasteiger charge is 2.29. The second-order valence-corrected chi connectivity index (χ2v) is 4.59. The molecule has 1 aliphatic carbocycles. The number of carbonyl (C=O) groups is 2. The Morgan fingerprint density at radius 3 is 2.50 bits per heavy atom. The Morgan fingerprint density at radius 1 is 1.20 bits per heavy atom. The molecule has 1 aromatic carbocycles. The Kier molecular flexibility index (Phi) is 4.16. The lowest BCUT2D eigenvalue weighted by Gasteiger charge is -2.10. The number of nitrogens with one attached hydrogen (secondary N) is 2. The first-order chi connectivity index (χ1) is 9.50. The fourth-order valence-electron chi connectivity index (χ4n) is 1.72. The summed E-state index contributed by atoms with van der Waals surface area (Å²) in [5.41, 5.74) is -0.844. The van der Waals surface area contributed by atoms with Gasteiger partial charge in [0.15, 0.2) is 11.6 Å². The molecular weight excluding hydrogens is 270 g/mol. The maximum Gasteiger partial charge on any atom is 0.338 e. The zero-order valence-corrected chi connectivity index (χ0v) is 10.6. The van der Waals surface area contributed by atoms with E-state index in [0.717, 1.165) is 25.0 Å². The molecule has 1 saturated carbocycles. The van der Waals surface area contributed by atoms with Crippen LogP contribution in [-0.4, -0.2) is 30.1 Å². The van der Waals surface area contributed by atoms with Crippen LogP contribution in [0.15, 0.2) is 12.1 Å². The van der Waals surface area contributed by atoms with Crippen molar-refractivity contribution in [1.29, 1.82) is 0 Å². The van der Waals surface area contributed by atoms with Crippen molar-refractivity contribution in [2.75, 3.05) is 18.4 Å². The lowest BCUT2D eigenvalue weighted by atomic mass is 10.2. The van der Waals surface area contributed by atoms with Crippen molar-refractivity contribution in [2.24, 2.45) is 5.92 Å². The monoisotopic (exact) mass is 284 g/mol. The van der Waals surface area contributed by atoms with Crippen LogP contribution in [0.3, 0.4) is 0 Å². The number of hydrogen-bond donors (Lipinski definition) is 3. The number of carbonyl (C=O) groups excluding carboxylic acids is 1. The summed E-state index contributed by atoms with van der Waals surface area (Å²) in [5.74, 6) is -4.09. The number of amides is 1. The summed E-state index contributed by atoms with van der Waals surface area (Å²) in [5, 5.41) is 13.9. The number of halogens is 2. The van der Waals surface area contributed by atoms with E-state index in [1.807, 2.05) is 0 Å². The highest BCUT2D eigenvalue weighted by Crippen LogP contribution is 2.28. The van der Waals surface area contributed by atoms with Gasteiger partial charge in [-0.3, -0.25) is 4.79 Å². The van der Waals surface area contributed by atoms with Gasteiger partial charge in [-0.25, -0.2) is 13.6 Å². The van der Waals surface area contributed by atoms with Crippen molar-refractivity contribution in [3.05, 3.63) is 29.3 Å². The highest BCUT2D eigenvalue weighted by atomic mass is 19.2. The Hall–Kier alpha value is -2.18. The predicted molar refractivity (Wildman–Crippen MR) is 67.5 cm³/mol. The van der Waals surface area contributed by atoms with E-state index in [4.69, 9.17) is 5.11 Å². The molecule has 0 aromatic heterocycles. The van der Waals surface area contributed by atoms with Crippen molar-refractivity contribution >= 4 is 17.6 Å². The van der Waals surface area contributed by atoms with Crippen LogP contribution >= 0.6 is 0 Å². The fraction of sp³-hybridized carbons (Fsp3) is 0.385. The quantitative estimate of drug-likeness (QED) is 0.693. The summed E-state index contributed by atoms with van der Waals surface area (Å²) in [4.78, 5) is 21.9. The second-order valence-electron chi connectivity index (χ2n) is 4.59. The molecule has 0 unspecified atom stereocenters. The maximum absolute atomic E-state index is 13.6. The molecule has 0 saturated heterocycles. The molecule has 5 nitrogen and oxygen atoms in total. The van der Waals surface area contributed by atoms with Gasteiger partial charge in [0.25, 0.3) is 0 Å². The summed E-state index contributed by atoms with van der Waals surface area (Å²) < 4.78 is 27.0. The van der Waals surface area contributed by atoms with Crippen molar-refractivity contribution in [3.63, 3.8) is 0 Å². The molecule has 0 atom stereocenters. The van der Waals surface area contributed by atoms with Crippen LogP contribution in [0.25, 0.3) is 0 Å². The van der Waals surface area contributed by atoms with Crippen molar-refractivity contribution in [1.82, 2.24) is 5.32 Å². The van der Waals surface area contributed by atoms with Crippen LogP contribution in [0.2, 0.25) is 0 Å². The van der Waals surface area contributed by atoms with Gasteiger partial charge in [-0.15, -0.1) is 0 Å². The molecule has 3 N–H and O–H groups in total. The van der Waals surface area contributed by atoms with E-state index >= 15 is 0 Å². The summed E-state index contributed by atoms with van der Waals surface area (Å²) in [6, 6.07) is 2.15. The summed E-state index contributed by atoms with van der Waals surface area (Å²) in [7, 11) is 0. The SMILES string of the molecule is O=C(O)c1ccc(NCCNC(=O)C2CC2)c(F)c1F. The Morgan fingerprint density at radius 2 is 1.90 bits per heavy atom. The lowest BCUT2D eigenvalue weighted by Crippen LogP contribution is -2.30. The number of anilines is 1. The maximum atomic E-state index is 13.6. The van der Waals surface area contributed by atoms with Gasteiger partial charge >= 0.3 is 5.97 Å². The third-order valence-corrected chi connectivity index (χ3v) is 3.00. The number of benzene rings is 1. The van der Waals surface area contributed by atoms with Crippen molar-refractivity contribution < 1.29 is 23.5 Å². The minimum Gasteiger partial charge on any atom is -0.478 e. The molecule has 0 bridgehead atoms. The molecule has 0 radical (unpaired) electrons. The van der Waals surface area contributed by atoms with Gasteiger partial charge in [-0.1, -0.05) is 0 Å². The number of rotatable bonds is 6. The number of carboxylic acids is 1. The molecule has 108 valence electrons. The largest absolute Gasteiger partial charge is 0.478 e. The minimum absolute atomic E-state index is 0.0281. The normalized spacial score (nSPS) is 13.9. The second kappa shape index (κ2) is 5.85. The summed E-state index contributed by atoms with van der Waals surface area (Å²) >= 11 is 0. The van der Waals surface area contributed by atoms with E-state index in [9.17, 15) is 18.4 Å². The van der Waals surface area contributed by atoms with E-state index in [0.29, 0.717) is 0 Å². The Bertz CT molecular complexity index is 545. The van der Waals surface area contributed by atoms with E-state index in [2.05, 4.69) is 10.6 Å². The molecule has 20 heavy (non-hydrogen) atoms. The number of hydrogen-bond acceptors (Lipinski definition) is 3. The molecule has 7 heteroatoms. The Labute approximate surface area is 114 Å². The molecule has 0 heterocycles. The first-order valence-corrected chi connectivity index (χ1v) is 6.23. The minimum atomic E-state index is -1.52. The van der Waals surface area contributed by atoms with Gasteiger partial charge in [0.2, 0.25) is 5.91 Å². The van der Waals surface area contributed by atoms with Gasteiger partial charge in [0.1, 0.15) is 0 Å². The first-order valence-electron chi connectivity index (χ1n) is 6.23. The Balaban J connectivity index is 1.87. The molecule has 1 aliphatic rings. The van der Waals surface area contributed by atoms with Gasteiger partial charge < -0.3 is 15.7 Å². The van der Waals surface area contributed by atoms with Gasteiger partial charge in [0, 0.05) is 19.0 Å². The van der Waals surface area contributed by atoms with Crippen LogP contribution in [0.5, 0.6) is 0 Å². The predicted octanol–water partition coefficient (Wildman–Crippen LogP) is 1.60. The zero-order chi connectivity index (χ0) is 14.7. The average molecular weight is 284 g/mol. The van der Waals surface area contributed by atoms with Crippen molar-refractivity contribution in [3.8, 4) is 0 Å². The topological polar surface area (TPSA) is 78.4 Å². The third-order valence-electron chi connectivity index (χ3n) is 3.00. The smallest absolute Gasteiger partial charge is 0.338 e. The molecular formula is C13H14F2N2O3. The van der Waals surface area contributed by atoms with Crippen LogP contribution in [0.4, 0.5) is 14.5 Å². The fourth-order valence-corrected chi connectivity index (χ4v) is 1.72. The summed E-state index contributed by atoms with van der Waals surface area (Å²) in [6.45, 7) is 0.512. The van der Waals surface area contributed by atoms with E-state index in [1.165, 1.54) is 0 Å².